The van der Waals surface area contributed by atoms with Crippen molar-refractivity contribution in [3.8, 4) is 0 Å². The Balaban J connectivity index is 2.06. The molecule has 1 atom stereocenters. The highest BCUT2D eigenvalue weighted by atomic mass is 35.5. The summed E-state index contributed by atoms with van der Waals surface area (Å²) in [7, 11) is 0. The van der Waals surface area contributed by atoms with Gasteiger partial charge in [0.2, 0.25) is 0 Å². The summed E-state index contributed by atoms with van der Waals surface area (Å²) in [4.78, 5) is 20.4. The molecule has 0 aromatic carbocycles. The van der Waals surface area contributed by atoms with Crippen LogP contribution in [0.1, 0.15) is 42.5 Å². The zero-order valence-corrected chi connectivity index (χ0v) is 12.3. The molecule has 110 valence electrons. The van der Waals surface area contributed by atoms with Crippen LogP contribution in [0.15, 0.2) is 6.20 Å². The third-order valence-electron chi connectivity index (χ3n) is 3.15. The largest absolute Gasteiger partial charge is 0.386 e. The van der Waals surface area contributed by atoms with Crippen molar-refractivity contribution in [3.05, 3.63) is 22.7 Å². The lowest BCUT2D eigenvalue weighted by molar-refractivity contribution is 0.0264. The van der Waals surface area contributed by atoms with E-state index in [9.17, 15) is 9.90 Å². The van der Waals surface area contributed by atoms with Crippen LogP contribution in [0.4, 0.5) is 0 Å². The van der Waals surface area contributed by atoms with Gasteiger partial charge in [0, 0.05) is 25.5 Å². The van der Waals surface area contributed by atoms with Gasteiger partial charge < -0.3 is 15.2 Å². The fourth-order valence-corrected chi connectivity index (χ4v) is 2.06. The highest BCUT2D eigenvalue weighted by molar-refractivity contribution is 6.33. The minimum absolute atomic E-state index is 0.103. The molecular formula is C13H18ClN3O3. The molecule has 1 unspecified atom stereocenters. The molecule has 0 radical (unpaired) electrons. The van der Waals surface area contributed by atoms with Gasteiger partial charge >= 0.3 is 0 Å². The van der Waals surface area contributed by atoms with Crippen molar-refractivity contribution in [1.29, 1.82) is 0 Å². The molecule has 1 amide bonds. The Morgan fingerprint density at radius 2 is 2.40 bits per heavy atom. The first-order valence-electron chi connectivity index (χ1n) is 6.52. The van der Waals surface area contributed by atoms with E-state index in [-0.39, 0.29) is 29.8 Å². The van der Waals surface area contributed by atoms with E-state index in [4.69, 9.17) is 16.3 Å². The number of nitrogens with zero attached hydrogens (tertiary/aromatic N) is 2. The normalized spacial score (nSPS) is 22.2. The van der Waals surface area contributed by atoms with E-state index in [0.717, 1.165) is 0 Å². The molecule has 0 saturated carbocycles. The molecule has 0 bridgehead atoms. The number of hydrogen-bond acceptors (Lipinski definition) is 5. The smallest absolute Gasteiger partial charge is 0.271 e. The van der Waals surface area contributed by atoms with Crippen LogP contribution in [0.2, 0.25) is 5.02 Å². The Labute approximate surface area is 122 Å². The average molecular weight is 300 g/mol. The monoisotopic (exact) mass is 299 g/mol. The maximum atomic E-state index is 12.1. The van der Waals surface area contributed by atoms with Crippen LogP contribution in [0.5, 0.6) is 0 Å². The van der Waals surface area contributed by atoms with E-state index in [1.807, 2.05) is 13.8 Å². The summed E-state index contributed by atoms with van der Waals surface area (Å²) in [6.07, 6.45) is 1.92. The number of carbonyl (C=O) groups excluding carboxylic acids is 1. The SMILES string of the molecule is CC(C)c1ncc(Cl)c(C(=O)NCC2(O)CCOC2)n1. The van der Waals surface area contributed by atoms with Crippen LogP contribution in [0, 0.1) is 0 Å². The van der Waals surface area contributed by atoms with Crippen LogP contribution in [-0.2, 0) is 4.74 Å². The minimum Gasteiger partial charge on any atom is -0.386 e. The molecule has 0 aliphatic carbocycles. The van der Waals surface area contributed by atoms with Gasteiger partial charge in [-0.3, -0.25) is 4.79 Å². The topological polar surface area (TPSA) is 84.3 Å². The van der Waals surface area contributed by atoms with Gasteiger partial charge in [-0.1, -0.05) is 25.4 Å². The van der Waals surface area contributed by atoms with Crippen LogP contribution < -0.4 is 5.32 Å². The molecule has 1 aromatic heterocycles. The number of carbonyl (C=O) groups is 1. The highest BCUT2D eigenvalue weighted by Crippen LogP contribution is 2.19. The molecule has 1 saturated heterocycles. The molecule has 20 heavy (non-hydrogen) atoms. The van der Waals surface area contributed by atoms with Crippen molar-refractivity contribution in [2.75, 3.05) is 19.8 Å². The Bertz CT molecular complexity index is 502. The van der Waals surface area contributed by atoms with Crippen LogP contribution in [-0.4, -0.2) is 46.3 Å². The summed E-state index contributed by atoms with van der Waals surface area (Å²) in [6, 6.07) is 0. The summed E-state index contributed by atoms with van der Waals surface area (Å²) < 4.78 is 5.12. The number of nitrogens with one attached hydrogen (secondary N) is 1. The van der Waals surface area contributed by atoms with Gasteiger partial charge in [-0.2, -0.15) is 0 Å². The van der Waals surface area contributed by atoms with Gasteiger partial charge in [0.15, 0.2) is 0 Å². The maximum absolute atomic E-state index is 12.1. The molecule has 1 fully saturated rings. The fraction of sp³-hybridized carbons (Fsp3) is 0.615. The third-order valence-corrected chi connectivity index (χ3v) is 3.43. The van der Waals surface area contributed by atoms with Crippen molar-refractivity contribution in [3.63, 3.8) is 0 Å². The summed E-state index contributed by atoms with van der Waals surface area (Å²) >= 11 is 5.95. The fourth-order valence-electron chi connectivity index (χ4n) is 1.88. The first kappa shape index (κ1) is 15.2. The zero-order valence-electron chi connectivity index (χ0n) is 11.5. The first-order chi connectivity index (χ1) is 9.41. The molecule has 1 aliphatic heterocycles. The van der Waals surface area contributed by atoms with Crippen molar-refractivity contribution >= 4 is 17.5 Å². The van der Waals surface area contributed by atoms with Gasteiger partial charge in [-0.25, -0.2) is 9.97 Å². The van der Waals surface area contributed by atoms with E-state index in [2.05, 4.69) is 15.3 Å². The van der Waals surface area contributed by atoms with Gasteiger partial charge in [0.1, 0.15) is 17.1 Å². The summed E-state index contributed by atoms with van der Waals surface area (Å²) in [6.45, 7) is 4.70. The molecule has 7 heteroatoms. The molecule has 2 rings (SSSR count). The molecule has 2 N–H and O–H groups in total. The Morgan fingerprint density at radius 3 is 3.00 bits per heavy atom. The number of halogens is 1. The predicted molar refractivity (Wildman–Crippen MR) is 73.9 cm³/mol. The summed E-state index contributed by atoms with van der Waals surface area (Å²) in [5, 5.41) is 12.9. The van der Waals surface area contributed by atoms with Crippen molar-refractivity contribution in [2.45, 2.75) is 31.8 Å². The van der Waals surface area contributed by atoms with Gasteiger partial charge in [0.05, 0.1) is 17.8 Å². The second-order valence-electron chi connectivity index (χ2n) is 5.29. The van der Waals surface area contributed by atoms with E-state index in [0.29, 0.717) is 18.9 Å². The van der Waals surface area contributed by atoms with E-state index >= 15 is 0 Å². The van der Waals surface area contributed by atoms with Crippen molar-refractivity contribution in [1.82, 2.24) is 15.3 Å². The second-order valence-corrected chi connectivity index (χ2v) is 5.70. The van der Waals surface area contributed by atoms with E-state index in [1.54, 1.807) is 0 Å². The highest BCUT2D eigenvalue weighted by Gasteiger charge is 2.33. The number of hydrogen-bond donors (Lipinski definition) is 2. The van der Waals surface area contributed by atoms with Crippen LogP contribution in [0.3, 0.4) is 0 Å². The molecule has 6 nitrogen and oxygen atoms in total. The standard InChI is InChI=1S/C13H18ClN3O3/c1-8(2)11-15-5-9(14)10(17-11)12(18)16-6-13(19)3-4-20-7-13/h5,8,19H,3-4,6-7H2,1-2H3,(H,16,18). The lowest BCUT2D eigenvalue weighted by atomic mass is 10.0. The van der Waals surface area contributed by atoms with Crippen molar-refractivity contribution in [2.24, 2.45) is 0 Å². The second kappa shape index (κ2) is 6.03. The Morgan fingerprint density at radius 1 is 1.65 bits per heavy atom. The predicted octanol–water partition coefficient (Wildman–Crippen LogP) is 1.13. The Hall–Kier alpha value is -1.24. The van der Waals surface area contributed by atoms with Crippen LogP contribution >= 0.6 is 11.6 Å². The number of rotatable bonds is 4. The van der Waals surface area contributed by atoms with E-state index < -0.39 is 11.5 Å². The minimum atomic E-state index is -1.00. The quantitative estimate of drug-likeness (QED) is 0.871. The molecule has 0 spiro atoms. The number of aromatic nitrogens is 2. The lowest BCUT2D eigenvalue weighted by Crippen LogP contribution is -2.43. The molecular weight excluding hydrogens is 282 g/mol. The Kier molecular flexibility index (Phi) is 4.57. The molecule has 2 heterocycles. The lowest BCUT2D eigenvalue weighted by Gasteiger charge is -2.20. The molecule has 1 aliphatic rings. The zero-order chi connectivity index (χ0) is 14.8. The number of aliphatic hydroxyl groups is 1. The van der Waals surface area contributed by atoms with Gasteiger partial charge in [0.25, 0.3) is 5.91 Å². The van der Waals surface area contributed by atoms with Crippen LogP contribution in [0.25, 0.3) is 0 Å². The summed E-state index contributed by atoms with van der Waals surface area (Å²) in [5.74, 6) is 0.244. The van der Waals surface area contributed by atoms with E-state index in [1.165, 1.54) is 6.20 Å². The third kappa shape index (κ3) is 3.45. The van der Waals surface area contributed by atoms with Gasteiger partial charge in [-0.05, 0) is 0 Å². The number of ether oxygens (including phenoxy) is 1. The first-order valence-corrected chi connectivity index (χ1v) is 6.90. The molecule has 1 aromatic rings. The van der Waals surface area contributed by atoms with Gasteiger partial charge in [-0.15, -0.1) is 0 Å². The van der Waals surface area contributed by atoms with Crippen molar-refractivity contribution < 1.29 is 14.6 Å². The maximum Gasteiger partial charge on any atom is 0.271 e. The summed E-state index contributed by atoms with van der Waals surface area (Å²) in [5.41, 5.74) is -0.872. The average Bonchev–Trinajstić information content (AvgIpc) is 2.84. The number of amides is 1.